The first-order valence-electron chi connectivity index (χ1n) is 5.38. The number of benzene rings is 1. The van der Waals surface area contributed by atoms with E-state index in [9.17, 15) is 0 Å². The van der Waals surface area contributed by atoms with Crippen molar-refractivity contribution in [3.8, 4) is 0 Å². The zero-order valence-electron chi connectivity index (χ0n) is 8.82. The van der Waals surface area contributed by atoms with E-state index in [0.717, 1.165) is 6.54 Å². The molecule has 1 aliphatic rings. The van der Waals surface area contributed by atoms with Gasteiger partial charge in [0.25, 0.3) is 0 Å². The molecular formula is C13H16BrN. The quantitative estimate of drug-likeness (QED) is 0.758. The molecule has 1 fully saturated rings. The summed E-state index contributed by atoms with van der Waals surface area (Å²) in [5.41, 5.74) is 1.45. The minimum atomic E-state index is 0.697. The molecule has 2 rings (SSSR count). The number of halogens is 1. The molecule has 0 aliphatic carbocycles. The Morgan fingerprint density at radius 3 is 3.13 bits per heavy atom. The summed E-state index contributed by atoms with van der Waals surface area (Å²) in [6.45, 7) is 7.17. The van der Waals surface area contributed by atoms with Gasteiger partial charge in [-0.2, -0.15) is 0 Å². The van der Waals surface area contributed by atoms with E-state index in [-0.39, 0.29) is 0 Å². The van der Waals surface area contributed by atoms with E-state index in [1.807, 2.05) is 6.08 Å². The van der Waals surface area contributed by atoms with Crippen molar-refractivity contribution >= 4 is 15.9 Å². The van der Waals surface area contributed by atoms with Crippen LogP contribution in [-0.2, 0) is 0 Å². The molecule has 1 atom stereocenters. The fourth-order valence-corrected chi connectivity index (χ4v) is 2.63. The SMILES string of the molecule is C=CCN1CCC(c2cccc(Br)c2)C1. The molecular weight excluding hydrogens is 250 g/mol. The number of likely N-dealkylation sites (tertiary alicyclic amines) is 1. The summed E-state index contributed by atoms with van der Waals surface area (Å²) in [6, 6.07) is 8.67. The highest BCUT2D eigenvalue weighted by Gasteiger charge is 2.22. The lowest BCUT2D eigenvalue weighted by molar-refractivity contribution is 0.372. The predicted molar refractivity (Wildman–Crippen MR) is 68.1 cm³/mol. The Hall–Kier alpha value is -0.600. The minimum absolute atomic E-state index is 0.697. The summed E-state index contributed by atoms with van der Waals surface area (Å²) in [5, 5.41) is 0. The van der Waals surface area contributed by atoms with Gasteiger partial charge in [-0.25, -0.2) is 0 Å². The Morgan fingerprint density at radius 2 is 2.40 bits per heavy atom. The van der Waals surface area contributed by atoms with Gasteiger partial charge in [-0.15, -0.1) is 6.58 Å². The highest BCUT2D eigenvalue weighted by Crippen LogP contribution is 2.28. The van der Waals surface area contributed by atoms with Gasteiger partial charge in [-0.3, -0.25) is 4.90 Å². The number of hydrogen-bond acceptors (Lipinski definition) is 1. The normalized spacial score (nSPS) is 21.8. The summed E-state index contributed by atoms with van der Waals surface area (Å²) in [7, 11) is 0. The molecule has 0 N–H and O–H groups in total. The Bertz CT molecular complexity index is 348. The highest BCUT2D eigenvalue weighted by molar-refractivity contribution is 9.10. The summed E-state index contributed by atoms with van der Waals surface area (Å²) in [6.07, 6.45) is 3.26. The minimum Gasteiger partial charge on any atom is -0.299 e. The molecule has 1 nitrogen and oxygen atoms in total. The second-order valence-electron chi connectivity index (χ2n) is 4.09. The van der Waals surface area contributed by atoms with Crippen LogP contribution in [0, 0.1) is 0 Å². The van der Waals surface area contributed by atoms with Gasteiger partial charge < -0.3 is 0 Å². The van der Waals surface area contributed by atoms with Crippen molar-refractivity contribution in [2.45, 2.75) is 12.3 Å². The maximum absolute atomic E-state index is 3.79. The second-order valence-corrected chi connectivity index (χ2v) is 5.00. The number of hydrogen-bond donors (Lipinski definition) is 0. The van der Waals surface area contributed by atoms with Crippen LogP contribution in [0.2, 0.25) is 0 Å². The molecule has 2 heteroatoms. The van der Waals surface area contributed by atoms with Crippen molar-refractivity contribution in [2.24, 2.45) is 0 Å². The predicted octanol–water partition coefficient (Wildman–Crippen LogP) is 3.42. The van der Waals surface area contributed by atoms with Gasteiger partial charge in [0, 0.05) is 17.6 Å². The molecule has 80 valence electrons. The lowest BCUT2D eigenvalue weighted by Crippen LogP contribution is -2.19. The van der Waals surface area contributed by atoms with Crippen LogP contribution in [0.5, 0.6) is 0 Å². The van der Waals surface area contributed by atoms with E-state index in [1.165, 1.54) is 29.5 Å². The monoisotopic (exact) mass is 265 g/mol. The van der Waals surface area contributed by atoms with Crippen LogP contribution < -0.4 is 0 Å². The maximum Gasteiger partial charge on any atom is 0.0178 e. The Balaban J connectivity index is 2.04. The van der Waals surface area contributed by atoms with Gasteiger partial charge in [0.05, 0.1) is 0 Å². The molecule has 0 aromatic heterocycles. The van der Waals surface area contributed by atoms with Crippen LogP contribution in [0.15, 0.2) is 41.4 Å². The topological polar surface area (TPSA) is 3.24 Å². The van der Waals surface area contributed by atoms with Gasteiger partial charge >= 0.3 is 0 Å². The highest BCUT2D eigenvalue weighted by atomic mass is 79.9. The molecule has 1 aromatic rings. The van der Waals surface area contributed by atoms with E-state index in [2.05, 4.69) is 51.7 Å². The molecule has 15 heavy (non-hydrogen) atoms. The molecule has 0 radical (unpaired) electrons. The Morgan fingerprint density at radius 1 is 1.53 bits per heavy atom. The van der Waals surface area contributed by atoms with Crippen molar-refractivity contribution in [3.63, 3.8) is 0 Å². The lowest BCUT2D eigenvalue weighted by Gasteiger charge is -2.13. The average molecular weight is 266 g/mol. The van der Waals surface area contributed by atoms with Gasteiger partial charge in [0.15, 0.2) is 0 Å². The largest absolute Gasteiger partial charge is 0.299 e. The molecule has 1 heterocycles. The van der Waals surface area contributed by atoms with E-state index in [1.54, 1.807) is 0 Å². The molecule has 1 saturated heterocycles. The van der Waals surface area contributed by atoms with Crippen molar-refractivity contribution in [3.05, 3.63) is 47.0 Å². The zero-order chi connectivity index (χ0) is 10.7. The second kappa shape index (κ2) is 4.95. The molecule has 0 saturated carbocycles. The standard InChI is InChI=1S/C13H16BrN/c1-2-7-15-8-6-12(10-15)11-4-3-5-13(14)9-11/h2-5,9,12H,1,6-8,10H2. The zero-order valence-corrected chi connectivity index (χ0v) is 10.4. The molecule has 1 aliphatic heterocycles. The van der Waals surface area contributed by atoms with Crippen LogP contribution in [0.1, 0.15) is 17.9 Å². The van der Waals surface area contributed by atoms with Gasteiger partial charge in [-0.05, 0) is 36.6 Å². The van der Waals surface area contributed by atoms with Gasteiger partial charge in [0.2, 0.25) is 0 Å². The molecule has 1 aromatic carbocycles. The first kappa shape index (κ1) is 10.9. The first-order chi connectivity index (χ1) is 7.29. The smallest absolute Gasteiger partial charge is 0.0178 e. The Kier molecular flexibility index (Phi) is 3.60. The number of nitrogens with zero attached hydrogens (tertiary/aromatic N) is 1. The number of rotatable bonds is 3. The van der Waals surface area contributed by atoms with Crippen LogP contribution in [0.25, 0.3) is 0 Å². The van der Waals surface area contributed by atoms with Crippen LogP contribution >= 0.6 is 15.9 Å². The van der Waals surface area contributed by atoms with Crippen LogP contribution in [0.4, 0.5) is 0 Å². The summed E-state index contributed by atoms with van der Waals surface area (Å²) in [4.78, 5) is 2.46. The van der Waals surface area contributed by atoms with E-state index < -0.39 is 0 Å². The lowest BCUT2D eigenvalue weighted by atomic mass is 9.99. The fraction of sp³-hybridized carbons (Fsp3) is 0.385. The molecule has 1 unspecified atom stereocenters. The summed E-state index contributed by atoms with van der Waals surface area (Å²) >= 11 is 3.53. The molecule has 0 bridgehead atoms. The molecule has 0 amide bonds. The van der Waals surface area contributed by atoms with Crippen molar-refractivity contribution in [1.82, 2.24) is 4.90 Å². The fourth-order valence-electron chi connectivity index (χ4n) is 2.21. The van der Waals surface area contributed by atoms with E-state index in [4.69, 9.17) is 0 Å². The molecule has 0 spiro atoms. The maximum atomic E-state index is 3.79. The van der Waals surface area contributed by atoms with Crippen molar-refractivity contribution < 1.29 is 0 Å². The van der Waals surface area contributed by atoms with Gasteiger partial charge in [0.1, 0.15) is 0 Å². The third kappa shape index (κ3) is 2.70. The van der Waals surface area contributed by atoms with Crippen molar-refractivity contribution in [2.75, 3.05) is 19.6 Å². The first-order valence-corrected chi connectivity index (χ1v) is 6.17. The van der Waals surface area contributed by atoms with E-state index in [0.29, 0.717) is 5.92 Å². The summed E-state index contributed by atoms with van der Waals surface area (Å²) < 4.78 is 1.18. The Labute approximate surface area is 99.9 Å². The van der Waals surface area contributed by atoms with Crippen LogP contribution in [0.3, 0.4) is 0 Å². The third-order valence-corrected chi connectivity index (χ3v) is 3.47. The van der Waals surface area contributed by atoms with E-state index >= 15 is 0 Å². The van der Waals surface area contributed by atoms with Gasteiger partial charge in [-0.1, -0.05) is 34.1 Å². The summed E-state index contributed by atoms with van der Waals surface area (Å²) in [5.74, 6) is 0.697. The van der Waals surface area contributed by atoms with Crippen molar-refractivity contribution in [1.29, 1.82) is 0 Å². The van der Waals surface area contributed by atoms with Crippen LogP contribution in [-0.4, -0.2) is 24.5 Å². The average Bonchev–Trinajstić information content (AvgIpc) is 2.67. The third-order valence-electron chi connectivity index (χ3n) is 2.98.